The Labute approximate surface area is 271 Å². The van der Waals surface area contributed by atoms with Gasteiger partial charge in [0.2, 0.25) is 10.0 Å². The van der Waals surface area contributed by atoms with Crippen molar-refractivity contribution in [2.24, 2.45) is 0 Å². The van der Waals surface area contributed by atoms with Crippen molar-refractivity contribution < 1.29 is 31.1 Å². The Kier molecular flexibility index (Phi) is 9.25. The van der Waals surface area contributed by atoms with Crippen LogP contribution in [0.5, 0.6) is 11.5 Å². The van der Waals surface area contributed by atoms with Gasteiger partial charge in [-0.25, -0.2) is 8.42 Å². The van der Waals surface area contributed by atoms with E-state index in [1.807, 2.05) is 36.4 Å². The average Bonchev–Trinajstić information content (AvgIpc) is 3.56. The van der Waals surface area contributed by atoms with E-state index in [0.717, 1.165) is 11.1 Å². The lowest BCUT2D eigenvalue weighted by molar-refractivity contribution is -0.146. The van der Waals surface area contributed by atoms with E-state index >= 15 is 0 Å². The standard InChI is InChI=1S/C32H36F3N7O4S/c1-45-28-15-14-26(42-31(32(33,34)35)36-37-38-42)30(46-2)25(28)20-39-18-24-19-40(47(3,43)44)16-17-41(24)27(21-39)29(22-10-6-4-7-11-22)23-12-8-5-9-13-23/h4-15,24,27,29H,16-21H2,1-3H3/t24-,27?/m1/s1. The number of benzene rings is 3. The summed E-state index contributed by atoms with van der Waals surface area (Å²) in [5.41, 5.74) is 2.80. The molecule has 2 aliphatic heterocycles. The number of piperazine rings is 2. The van der Waals surface area contributed by atoms with Gasteiger partial charge in [0.05, 0.1) is 26.0 Å². The molecule has 0 spiro atoms. The van der Waals surface area contributed by atoms with Crippen LogP contribution in [0.25, 0.3) is 5.69 Å². The molecule has 0 amide bonds. The molecule has 2 atom stereocenters. The molecule has 2 aliphatic rings. The maximum atomic E-state index is 13.8. The van der Waals surface area contributed by atoms with Gasteiger partial charge >= 0.3 is 6.18 Å². The minimum Gasteiger partial charge on any atom is -0.496 e. The summed E-state index contributed by atoms with van der Waals surface area (Å²) in [5, 5.41) is 10.1. The van der Waals surface area contributed by atoms with E-state index in [4.69, 9.17) is 9.47 Å². The first-order chi connectivity index (χ1) is 22.5. The highest BCUT2D eigenvalue weighted by atomic mass is 32.2. The molecule has 4 aromatic rings. The number of methoxy groups -OCH3 is 2. The summed E-state index contributed by atoms with van der Waals surface area (Å²) >= 11 is 0. The van der Waals surface area contributed by atoms with Gasteiger partial charge in [-0.05, 0) is 33.7 Å². The zero-order chi connectivity index (χ0) is 33.3. The predicted molar refractivity (Wildman–Crippen MR) is 168 cm³/mol. The molecule has 1 aromatic heterocycles. The highest BCUT2D eigenvalue weighted by Crippen LogP contribution is 2.40. The molecule has 2 saturated heterocycles. The predicted octanol–water partition coefficient (Wildman–Crippen LogP) is 3.66. The Bertz CT molecular complexity index is 1750. The van der Waals surface area contributed by atoms with E-state index in [9.17, 15) is 21.6 Å². The number of hydrogen-bond donors (Lipinski definition) is 0. The second-order valence-corrected chi connectivity index (χ2v) is 13.8. The van der Waals surface area contributed by atoms with E-state index in [1.165, 1.54) is 30.8 Å². The summed E-state index contributed by atoms with van der Waals surface area (Å²) in [5.74, 6) is -0.754. The molecule has 11 nitrogen and oxygen atoms in total. The molecule has 0 N–H and O–H groups in total. The highest BCUT2D eigenvalue weighted by Gasteiger charge is 2.44. The second-order valence-electron chi connectivity index (χ2n) is 11.8. The van der Waals surface area contributed by atoms with Crippen LogP contribution in [-0.4, -0.2) is 108 Å². The molecule has 3 heterocycles. The zero-order valence-corrected chi connectivity index (χ0v) is 27.0. The van der Waals surface area contributed by atoms with Gasteiger partial charge in [0, 0.05) is 57.3 Å². The third-order valence-electron chi connectivity index (χ3n) is 8.96. The molecule has 3 aromatic carbocycles. The number of hydrogen-bond acceptors (Lipinski definition) is 9. The Hall–Kier alpha value is -4.05. The van der Waals surface area contributed by atoms with Crippen LogP contribution >= 0.6 is 0 Å². The number of tetrazole rings is 1. The molecule has 1 unspecified atom stereocenters. The van der Waals surface area contributed by atoms with Crippen molar-refractivity contribution in [2.75, 3.05) is 53.2 Å². The number of aromatic nitrogens is 4. The minimum absolute atomic E-state index is 0.0168. The van der Waals surface area contributed by atoms with Crippen LogP contribution in [0.15, 0.2) is 72.8 Å². The van der Waals surface area contributed by atoms with Gasteiger partial charge in [-0.3, -0.25) is 9.80 Å². The van der Waals surface area contributed by atoms with Gasteiger partial charge < -0.3 is 9.47 Å². The van der Waals surface area contributed by atoms with Crippen LogP contribution in [0.3, 0.4) is 0 Å². The summed E-state index contributed by atoms with van der Waals surface area (Å²) in [4.78, 5) is 4.62. The molecular formula is C32H36F3N7O4S. The smallest absolute Gasteiger partial charge is 0.453 e. The first kappa shape index (κ1) is 32.9. The van der Waals surface area contributed by atoms with Crippen molar-refractivity contribution in [1.82, 2.24) is 34.3 Å². The van der Waals surface area contributed by atoms with Crippen molar-refractivity contribution in [3.8, 4) is 17.2 Å². The molecule has 0 bridgehead atoms. The Morgan fingerprint density at radius 1 is 0.894 bits per heavy atom. The minimum atomic E-state index is -4.80. The van der Waals surface area contributed by atoms with Crippen LogP contribution < -0.4 is 9.47 Å². The van der Waals surface area contributed by atoms with Crippen molar-refractivity contribution >= 4 is 10.0 Å². The molecule has 0 radical (unpaired) electrons. The van der Waals surface area contributed by atoms with Gasteiger partial charge in [-0.15, -0.1) is 5.10 Å². The summed E-state index contributed by atoms with van der Waals surface area (Å²) in [6.07, 6.45) is -3.57. The first-order valence-corrected chi connectivity index (χ1v) is 17.0. The lowest BCUT2D eigenvalue weighted by Crippen LogP contribution is -2.67. The summed E-state index contributed by atoms with van der Waals surface area (Å²) in [7, 11) is -0.558. The van der Waals surface area contributed by atoms with Crippen molar-refractivity contribution in [1.29, 1.82) is 0 Å². The van der Waals surface area contributed by atoms with E-state index in [1.54, 1.807) is 6.07 Å². The summed E-state index contributed by atoms with van der Waals surface area (Å²) in [6, 6.07) is 23.2. The summed E-state index contributed by atoms with van der Waals surface area (Å²) in [6.45, 7) is 2.61. The molecule has 0 aliphatic carbocycles. The summed E-state index contributed by atoms with van der Waals surface area (Å²) < 4.78 is 80.3. The van der Waals surface area contributed by atoms with Crippen LogP contribution in [-0.2, 0) is 22.7 Å². The number of ether oxygens (including phenoxy) is 2. The van der Waals surface area contributed by atoms with Gasteiger partial charge in [-0.2, -0.15) is 22.2 Å². The number of fused-ring (bicyclic) bond motifs is 1. The Morgan fingerprint density at radius 3 is 2.13 bits per heavy atom. The molecule has 15 heteroatoms. The van der Waals surface area contributed by atoms with Crippen LogP contribution in [0.4, 0.5) is 13.2 Å². The maximum Gasteiger partial charge on any atom is 0.453 e. The quantitative estimate of drug-likeness (QED) is 0.264. The highest BCUT2D eigenvalue weighted by molar-refractivity contribution is 7.88. The third-order valence-corrected chi connectivity index (χ3v) is 10.2. The third kappa shape index (κ3) is 6.70. The van der Waals surface area contributed by atoms with E-state index in [0.29, 0.717) is 48.7 Å². The normalized spacial score (nSPS) is 19.9. The van der Waals surface area contributed by atoms with Crippen molar-refractivity contribution in [3.63, 3.8) is 0 Å². The molecular weight excluding hydrogens is 635 g/mol. The van der Waals surface area contributed by atoms with Crippen LogP contribution in [0, 0.1) is 0 Å². The number of rotatable bonds is 9. The van der Waals surface area contributed by atoms with Crippen LogP contribution in [0.2, 0.25) is 0 Å². The second kappa shape index (κ2) is 13.2. The number of sulfonamides is 1. The topological polar surface area (TPSA) is 106 Å². The zero-order valence-electron chi connectivity index (χ0n) is 26.2. The Morgan fingerprint density at radius 2 is 1.55 bits per heavy atom. The lowest BCUT2D eigenvalue weighted by atomic mass is 9.81. The molecule has 0 saturated carbocycles. The largest absolute Gasteiger partial charge is 0.496 e. The van der Waals surface area contributed by atoms with Crippen LogP contribution in [0.1, 0.15) is 28.4 Å². The molecule has 6 rings (SSSR count). The lowest BCUT2D eigenvalue weighted by Gasteiger charge is -2.53. The molecule has 47 heavy (non-hydrogen) atoms. The SMILES string of the molecule is COc1ccc(-n2nnnc2C(F)(F)F)c(OC)c1CN1CC(C(c2ccccc2)c2ccccc2)N2CCN(S(C)(=O)=O)C[C@H]2C1. The van der Waals surface area contributed by atoms with Gasteiger partial charge in [0.15, 0.2) is 5.75 Å². The van der Waals surface area contributed by atoms with E-state index in [-0.39, 0.29) is 36.0 Å². The molecule has 2 fully saturated rings. The molecule has 250 valence electrons. The monoisotopic (exact) mass is 671 g/mol. The fourth-order valence-corrected chi connectivity index (χ4v) is 7.81. The van der Waals surface area contributed by atoms with Crippen molar-refractivity contribution in [3.05, 3.63) is 95.3 Å². The first-order valence-electron chi connectivity index (χ1n) is 15.1. The average molecular weight is 672 g/mol. The van der Waals surface area contributed by atoms with Gasteiger partial charge in [-0.1, -0.05) is 60.7 Å². The van der Waals surface area contributed by atoms with Gasteiger partial charge in [0.1, 0.15) is 11.4 Å². The maximum absolute atomic E-state index is 13.8. The number of halogens is 3. The van der Waals surface area contributed by atoms with E-state index in [2.05, 4.69) is 49.6 Å². The van der Waals surface area contributed by atoms with Gasteiger partial charge in [0.25, 0.3) is 5.82 Å². The number of nitrogens with zero attached hydrogens (tertiary/aromatic N) is 7. The van der Waals surface area contributed by atoms with Crippen molar-refractivity contribution in [2.45, 2.75) is 30.7 Å². The number of alkyl halides is 3. The fourth-order valence-electron chi connectivity index (χ4n) is 6.95. The fraction of sp³-hybridized carbons (Fsp3) is 0.406. The van der Waals surface area contributed by atoms with E-state index < -0.39 is 22.0 Å². The Balaban J connectivity index is 1.43.